The van der Waals surface area contributed by atoms with E-state index >= 15 is 0 Å². The van der Waals surface area contributed by atoms with Crippen molar-refractivity contribution in [3.63, 3.8) is 0 Å². The fourth-order valence-electron chi connectivity index (χ4n) is 3.19. The Labute approximate surface area is 151 Å². The Morgan fingerprint density at radius 3 is 1.65 bits per heavy atom. The van der Waals surface area contributed by atoms with Crippen LogP contribution < -0.4 is 0 Å². The monoisotopic (exact) mass is 373 g/mol. The zero-order chi connectivity index (χ0) is 18.5. The van der Waals surface area contributed by atoms with Crippen molar-refractivity contribution in [2.45, 2.75) is 18.7 Å². The Bertz CT molecular complexity index is 1040. The van der Waals surface area contributed by atoms with Crippen LogP contribution >= 0.6 is 10.5 Å². The van der Waals surface area contributed by atoms with Crippen LogP contribution in [0.3, 0.4) is 0 Å². The maximum absolute atomic E-state index is 13.1. The molecule has 3 aromatic carbocycles. The maximum atomic E-state index is 13.1. The van der Waals surface area contributed by atoms with Gasteiger partial charge in [0.2, 0.25) is 0 Å². The largest absolute Gasteiger partial charge is 0.421 e. The third kappa shape index (κ3) is 2.50. The van der Waals surface area contributed by atoms with Gasteiger partial charge in [-0.15, -0.1) is 0 Å². The highest BCUT2D eigenvalue weighted by molar-refractivity contribution is 7.50. The lowest BCUT2D eigenvalue weighted by molar-refractivity contribution is -0.258. The van der Waals surface area contributed by atoms with E-state index in [0.29, 0.717) is 0 Å². The van der Waals surface area contributed by atoms with Crippen LogP contribution in [0.5, 0.6) is 0 Å². The Hall–Kier alpha value is -2.37. The van der Waals surface area contributed by atoms with Crippen LogP contribution in [0.4, 0.5) is 13.2 Å². The number of hydrogen-bond donors (Lipinski definition) is 1. The molecular formula is C21H16F3OS+. The van der Waals surface area contributed by atoms with Crippen LogP contribution in [0.1, 0.15) is 12.5 Å². The standard InChI is InChI=1S/C21H16F3OS/c1-20(25,21(22,23)24)14-10-12-15(13-11-14)26-18-8-4-2-6-16(18)17-7-3-5-9-19(17)26/h2-13,25H,1H3/q+1. The van der Waals surface area contributed by atoms with Gasteiger partial charge in [-0.3, -0.25) is 0 Å². The molecule has 4 rings (SSSR count). The van der Waals surface area contributed by atoms with Crippen molar-refractivity contribution in [3.05, 3.63) is 78.4 Å². The molecule has 0 aliphatic carbocycles. The third-order valence-electron chi connectivity index (χ3n) is 4.71. The van der Waals surface area contributed by atoms with E-state index < -0.39 is 11.8 Å². The van der Waals surface area contributed by atoms with Gasteiger partial charge in [0.1, 0.15) is 0 Å². The lowest BCUT2D eigenvalue weighted by Gasteiger charge is -2.26. The average Bonchev–Trinajstić information content (AvgIpc) is 2.95. The Balaban J connectivity index is 1.91. The van der Waals surface area contributed by atoms with Gasteiger partial charge in [-0.2, -0.15) is 13.2 Å². The molecule has 1 unspecified atom stereocenters. The molecule has 26 heavy (non-hydrogen) atoms. The number of alkyl halides is 3. The SMILES string of the molecule is CC(O)(c1ccc(-[s+]2c3ccccc3c3ccccc32)cc1)C(F)(F)F. The molecule has 0 fully saturated rings. The molecule has 5 heteroatoms. The normalized spacial score (nSPS) is 14.7. The highest BCUT2D eigenvalue weighted by atomic mass is 32.2. The second-order valence-electron chi connectivity index (χ2n) is 6.39. The summed E-state index contributed by atoms with van der Waals surface area (Å²) in [7, 11) is -0.360. The van der Waals surface area contributed by atoms with E-state index in [0.717, 1.165) is 22.6 Å². The molecule has 0 aliphatic heterocycles. The van der Waals surface area contributed by atoms with Gasteiger partial charge in [0, 0.05) is 21.2 Å². The summed E-state index contributed by atoms with van der Waals surface area (Å²) < 4.78 is 41.5. The number of rotatable bonds is 2. The molecule has 1 aromatic heterocycles. The smallest absolute Gasteiger partial charge is 0.376 e. The van der Waals surface area contributed by atoms with Gasteiger partial charge >= 0.3 is 6.18 Å². The number of fused-ring (bicyclic) bond motifs is 3. The van der Waals surface area contributed by atoms with Gasteiger partial charge in [-0.05, 0) is 48.9 Å². The van der Waals surface area contributed by atoms with Crippen LogP contribution in [-0.2, 0) is 5.60 Å². The molecule has 0 saturated heterocycles. The minimum Gasteiger partial charge on any atom is -0.376 e. The predicted molar refractivity (Wildman–Crippen MR) is 101 cm³/mol. The van der Waals surface area contributed by atoms with E-state index in [2.05, 4.69) is 24.3 Å². The molecule has 132 valence electrons. The summed E-state index contributed by atoms with van der Waals surface area (Å²) in [5.41, 5.74) is -3.02. The van der Waals surface area contributed by atoms with Crippen LogP contribution in [0.25, 0.3) is 25.1 Å². The first-order valence-corrected chi connectivity index (χ1v) is 9.35. The molecule has 0 aliphatic rings. The maximum Gasteiger partial charge on any atom is 0.421 e. The molecular weight excluding hydrogens is 357 g/mol. The van der Waals surface area contributed by atoms with Crippen LogP contribution in [-0.4, -0.2) is 11.3 Å². The van der Waals surface area contributed by atoms with Crippen LogP contribution in [0, 0.1) is 0 Å². The fraction of sp³-hybridized carbons (Fsp3) is 0.143. The van der Waals surface area contributed by atoms with Crippen molar-refractivity contribution >= 4 is 30.6 Å². The highest BCUT2D eigenvalue weighted by Gasteiger charge is 2.51. The minimum atomic E-state index is -4.72. The second-order valence-corrected chi connectivity index (χ2v) is 8.36. The summed E-state index contributed by atoms with van der Waals surface area (Å²) in [6, 6.07) is 22.4. The average molecular weight is 373 g/mol. The number of aliphatic hydroxyl groups is 1. The zero-order valence-corrected chi connectivity index (χ0v) is 14.7. The highest BCUT2D eigenvalue weighted by Crippen LogP contribution is 2.48. The number of benzene rings is 3. The van der Waals surface area contributed by atoms with E-state index in [1.165, 1.54) is 21.5 Å². The van der Waals surface area contributed by atoms with Gasteiger partial charge in [-0.1, -0.05) is 36.4 Å². The first-order valence-electron chi connectivity index (χ1n) is 8.13. The van der Waals surface area contributed by atoms with E-state index in [4.69, 9.17) is 0 Å². The third-order valence-corrected chi connectivity index (χ3v) is 7.04. The van der Waals surface area contributed by atoms with Crippen molar-refractivity contribution in [2.24, 2.45) is 0 Å². The van der Waals surface area contributed by atoms with Crippen molar-refractivity contribution in [3.8, 4) is 4.90 Å². The van der Waals surface area contributed by atoms with E-state index in [-0.39, 0.29) is 16.0 Å². The van der Waals surface area contributed by atoms with Crippen LogP contribution in [0.2, 0.25) is 0 Å². The fourth-order valence-corrected chi connectivity index (χ4v) is 5.56. The molecule has 0 saturated carbocycles. The Kier molecular flexibility index (Phi) is 3.82. The molecule has 0 bridgehead atoms. The molecule has 1 nitrogen and oxygen atoms in total. The van der Waals surface area contributed by atoms with Crippen molar-refractivity contribution in [2.75, 3.05) is 0 Å². The lowest BCUT2D eigenvalue weighted by Crippen LogP contribution is -2.39. The summed E-state index contributed by atoms with van der Waals surface area (Å²) in [6.45, 7) is 0.782. The predicted octanol–water partition coefficient (Wildman–Crippen LogP) is 6.50. The van der Waals surface area contributed by atoms with Gasteiger partial charge < -0.3 is 5.11 Å². The zero-order valence-electron chi connectivity index (χ0n) is 13.9. The van der Waals surface area contributed by atoms with Gasteiger partial charge in [-0.25, -0.2) is 0 Å². The summed E-state index contributed by atoms with van der Waals surface area (Å²) >= 11 is 0. The van der Waals surface area contributed by atoms with Gasteiger partial charge in [0.15, 0.2) is 19.9 Å². The molecule has 1 atom stereocenters. The quantitative estimate of drug-likeness (QED) is 0.398. The molecule has 1 N–H and O–H groups in total. The lowest BCUT2D eigenvalue weighted by atomic mass is 9.96. The molecule has 4 aromatic rings. The van der Waals surface area contributed by atoms with E-state index in [1.54, 1.807) is 12.1 Å². The summed E-state index contributed by atoms with van der Waals surface area (Å²) in [5.74, 6) is 0. The first kappa shape index (κ1) is 17.1. The van der Waals surface area contributed by atoms with Crippen molar-refractivity contribution in [1.29, 1.82) is 0 Å². The molecule has 0 radical (unpaired) electrons. The van der Waals surface area contributed by atoms with Crippen LogP contribution in [0.15, 0.2) is 72.8 Å². The summed E-state index contributed by atoms with van der Waals surface area (Å²) in [6.07, 6.45) is -4.72. The van der Waals surface area contributed by atoms with Gasteiger partial charge in [0.25, 0.3) is 0 Å². The number of hydrogen-bond acceptors (Lipinski definition) is 1. The molecule has 1 heterocycles. The Morgan fingerprint density at radius 2 is 1.19 bits per heavy atom. The molecule has 0 spiro atoms. The first-order chi connectivity index (χ1) is 12.3. The van der Waals surface area contributed by atoms with Crippen molar-refractivity contribution < 1.29 is 18.3 Å². The summed E-state index contributed by atoms with van der Waals surface area (Å²) in [4.78, 5) is 0.934. The van der Waals surface area contributed by atoms with E-state index in [9.17, 15) is 18.3 Å². The van der Waals surface area contributed by atoms with Gasteiger partial charge in [0.05, 0.1) is 0 Å². The number of halogens is 3. The Morgan fingerprint density at radius 1 is 0.731 bits per heavy atom. The second kappa shape index (κ2) is 5.83. The number of thiophene rings is 1. The molecule has 0 amide bonds. The van der Waals surface area contributed by atoms with Crippen molar-refractivity contribution in [1.82, 2.24) is 0 Å². The topological polar surface area (TPSA) is 20.2 Å². The minimum absolute atomic E-state index is 0.155. The van der Waals surface area contributed by atoms with E-state index in [1.807, 2.05) is 24.3 Å². The summed E-state index contributed by atoms with van der Waals surface area (Å²) in [5, 5.41) is 12.2.